The topological polar surface area (TPSA) is 9.23 Å². The number of hydrogen-bond acceptors (Lipinski definition) is 1. The Bertz CT molecular complexity index is 831. The highest BCUT2D eigenvalue weighted by molar-refractivity contribution is 5.43. The van der Waals surface area contributed by atoms with E-state index in [1.807, 2.05) is 12.1 Å². The maximum atomic E-state index is 5.72. The molecule has 0 fully saturated rings. The minimum atomic E-state index is 0.639. The Morgan fingerprint density at radius 1 is 0.897 bits per heavy atom. The van der Waals surface area contributed by atoms with Crippen molar-refractivity contribution in [1.29, 1.82) is 0 Å². The van der Waals surface area contributed by atoms with Gasteiger partial charge in [-0.05, 0) is 85.4 Å². The van der Waals surface area contributed by atoms with E-state index in [-0.39, 0.29) is 0 Å². The molecule has 0 saturated heterocycles. The molecule has 1 atom stereocenters. The maximum absolute atomic E-state index is 5.72. The Balaban J connectivity index is 1.52. The van der Waals surface area contributed by atoms with E-state index in [1.54, 1.807) is 0 Å². The van der Waals surface area contributed by atoms with E-state index < -0.39 is 0 Å². The first-order chi connectivity index (χ1) is 14.3. The number of unbranched alkanes of at least 4 members (excludes halogenated alkanes) is 2. The SMILES string of the molecule is CCCCOc1ccc(C#CC2=CCC(c3ccc(CCCC)cc3)CC2)cc1. The van der Waals surface area contributed by atoms with Gasteiger partial charge in [-0.25, -0.2) is 0 Å². The molecule has 1 aliphatic rings. The summed E-state index contributed by atoms with van der Waals surface area (Å²) in [6, 6.07) is 17.5. The van der Waals surface area contributed by atoms with Gasteiger partial charge >= 0.3 is 0 Å². The highest BCUT2D eigenvalue weighted by Crippen LogP contribution is 2.32. The van der Waals surface area contributed by atoms with Gasteiger partial charge in [-0.1, -0.05) is 68.9 Å². The van der Waals surface area contributed by atoms with Gasteiger partial charge in [0, 0.05) is 5.56 Å². The molecule has 1 aliphatic carbocycles. The zero-order valence-electron chi connectivity index (χ0n) is 18.0. The quantitative estimate of drug-likeness (QED) is 0.338. The van der Waals surface area contributed by atoms with Gasteiger partial charge in [0.05, 0.1) is 6.61 Å². The van der Waals surface area contributed by atoms with Crippen molar-refractivity contribution in [2.45, 2.75) is 71.1 Å². The fourth-order valence-corrected chi connectivity index (χ4v) is 3.71. The Hall–Kier alpha value is -2.46. The average molecular weight is 387 g/mol. The van der Waals surface area contributed by atoms with Crippen molar-refractivity contribution in [3.63, 3.8) is 0 Å². The van der Waals surface area contributed by atoms with E-state index in [2.05, 4.69) is 68.2 Å². The van der Waals surface area contributed by atoms with Gasteiger partial charge in [-0.2, -0.15) is 0 Å². The van der Waals surface area contributed by atoms with Crippen molar-refractivity contribution in [2.75, 3.05) is 6.61 Å². The van der Waals surface area contributed by atoms with Crippen molar-refractivity contribution in [3.8, 4) is 17.6 Å². The second-order valence-corrected chi connectivity index (χ2v) is 8.02. The Labute approximate surface area is 177 Å². The van der Waals surface area contributed by atoms with Gasteiger partial charge in [0.2, 0.25) is 0 Å². The van der Waals surface area contributed by atoms with Gasteiger partial charge in [0.15, 0.2) is 0 Å². The van der Waals surface area contributed by atoms with E-state index in [0.717, 1.165) is 43.6 Å². The van der Waals surface area contributed by atoms with E-state index >= 15 is 0 Å². The van der Waals surface area contributed by atoms with Crippen LogP contribution in [0.25, 0.3) is 0 Å². The van der Waals surface area contributed by atoms with Crippen LogP contribution in [0.1, 0.15) is 81.4 Å². The third kappa shape index (κ3) is 6.82. The summed E-state index contributed by atoms with van der Waals surface area (Å²) >= 11 is 0. The number of ether oxygens (including phenoxy) is 1. The molecule has 0 aliphatic heterocycles. The molecule has 1 unspecified atom stereocenters. The largest absolute Gasteiger partial charge is 0.494 e. The third-order valence-electron chi connectivity index (χ3n) is 5.67. The number of aryl methyl sites for hydroxylation is 1. The second-order valence-electron chi connectivity index (χ2n) is 8.02. The number of benzene rings is 2. The van der Waals surface area contributed by atoms with Crippen LogP contribution in [-0.2, 0) is 6.42 Å². The van der Waals surface area contributed by atoms with Gasteiger partial charge in [-0.3, -0.25) is 0 Å². The molecular weight excluding hydrogens is 352 g/mol. The third-order valence-corrected chi connectivity index (χ3v) is 5.67. The molecule has 0 aromatic heterocycles. The van der Waals surface area contributed by atoms with Crippen molar-refractivity contribution in [3.05, 3.63) is 76.9 Å². The highest BCUT2D eigenvalue weighted by atomic mass is 16.5. The molecular formula is C28H34O. The molecule has 1 nitrogen and oxygen atoms in total. The zero-order chi connectivity index (χ0) is 20.3. The zero-order valence-corrected chi connectivity index (χ0v) is 18.0. The first-order valence-corrected chi connectivity index (χ1v) is 11.3. The molecule has 0 spiro atoms. The number of hydrogen-bond donors (Lipinski definition) is 0. The Morgan fingerprint density at radius 2 is 1.66 bits per heavy atom. The second kappa shape index (κ2) is 11.5. The molecule has 0 saturated carbocycles. The van der Waals surface area contributed by atoms with Gasteiger partial charge < -0.3 is 4.74 Å². The molecule has 0 amide bonds. The summed E-state index contributed by atoms with van der Waals surface area (Å²) in [5.74, 6) is 8.27. The predicted octanol–water partition coefficient (Wildman–Crippen LogP) is 7.45. The summed E-state index contributed by atoms with van der Waals surface area (Å²) in [7, 11) is 0. The molecule has 152 valence electrons. The fraction of sp³-hybridized carbons (Fsp3) is 0.429. The number of allylic oxidation sites excluding steroid dienone is 2. The first kappa shape index (κ1) is 21.3. The van der Waals surface area contributed by atoms with Crippen LogP contribution in [0.3, 0.4) is 0 Å². The fourth-order valence-electron chi connectivity index (χ4n) is 3.71. The Morgan fingerprint density at radius 3 is 2.31 bits per heavy atom. The summed E-state index contributed by atoms with van der Waals surface area (Å²) in [6.07, 6.45) is 11.7. The molecule has 3 rings (SSSR count). The van der Waals surface area contributed by atoms with Crippen LogP contribution in [-0.4, -0.2) is 6.61 Å². The van der Waals surface area contributed by atoms with Crippen LogP contribution in [0.15, 0.2) is 60.2 Å². The lowest BCUT2D eigenvalue weighted by Gasteiger charge is -2.20. The standard InChI is InChI=1S/C28H34O/c1-3-5-7-23-10-16-26(17-11-23)27-18-12-24(13-19-27)8-9-25-14-20-28(21-15-25)29-22-6-4-2/h10-12,14-17,20-21,27H,3-7,13,18-19,22H2,1-2H3. The lowest BCUT2D eigenvalue weighted by atomic mass is 9.84. The van der Waals surface area contributed by atoms with Crippen molar-refractivity contribution in [2.24, 2.45) is 0 Å². The summed E-state index contributed by atoms with van der Waals surface area (Å²) < 4.78 is 5.72. The highest BCUT2D eigenvalue weighted by Gasteiger charge is 2.15. The molecule has 2 aromatic rings. The van der Waals surface area contributed by atoms with E-state index in [4.69, 9.17) is 4.74 Å². The summed E-state index contributed by atoms with van der Waals surface area (Å²) in [4.78, 5) is 0. The van der Waals surface area contributed by atoms with Crippen molar-refractivity contribution < 1.29 is 4.74 Å². The molecule has 0 N–H and O–H groups in total. The van der Waals surface area contributed by atoms with Gasteiger partial charge in [0.1, 0.15) is 5.75 Å². The van der Waals surface area contributed by atoms with Crippen LogP contribution < -0.4 is 4.74 Å². The Kier molecular flexibility index (Phi) is 8.44. The van der Waals surface area contributed by atoms with Crippen LogP contribution in [0.5, 0.6) is 5.75 Å². The van der Waals surface area contributed by atoms with Crippen molar-refractivity contribution in [1.82, 2.24) is 0 Å². The minimum absolute atomic E-state index is 0.639. The molecule has 0 heterocycles. The van der Waals surface area contributed by atoms with E-state index in [0.29, 0.717) is 5.92 Å². The van der Waals surface area contributed by atoms with Crippen LogP contribution in [0.2, 0.25) is 0 Å². The minimum Gasteiger partial charge on any atom is -0.494 e. The average Bonchev–Trinajstić information content (AvgIpc) is 2.78. The monoisotopic (exact) mass is 386 g/mol. The molecule has 0 radical (unpaired) electrons. The van der Waals surface area contributed by atoms with E-state index in [1.165, 1.54) is 42.4 Å². The van der Waals surface area contributed by atoms with E-state index in [9.17, 15) is 0 Å². The van der Waals surface area contributed by atoms with Crippen LogP contribution in [0, 0.1) is 11.8 Å². The summed E-state index contributed by atoms with van der Waals surface area (Å²) in [5, 5.41) is 0. The molecule has 2 aromatic carbocycles. The van der Waals surface area contributed by atoms with Crippen molar-refractivity contribution >= 4 is 0 Å². The summed E-state index contributed by atoms with van der Waals surface area (Å²) in [6.45, 7) is 5.22. The normalized spacial score (nSPS) is 15.9. The lowest BCUT2D eigenvalue weighted by Crippen LogP contribution is -2.04. The number of rotatable bonds is 8. The maximum Gasteiger partial charge on any atom is 0.119 e. The van der Waals surface area contributed by atoms with Crippen LogP contribution in [0.4, 0.5) is 0 Å². The van der Waals surface area contributed by atoms with Crippen LogP contribution >= 0.6 is 0 Å². The lowest BCUT2D eigenvalue weighted by molar-refractivity contribution is 0.309. The molecule has 0 bridgehead atoms. The smallest absolute Gasteiger partial charge is 0.119 e. The first-order valence-electron chi connectivity index (χ1n) is 11.3. The van der Waals surface area contributed by atoms with Gasteiger partial charge in [-0.15, -0.1) is 0 Å². The molecule has 29 heavy (non-hydrogen) atoms. The summed E-state index contributed by atoms with van der Waals surface area (Å²) in [5.41, 5.74) is 5.28. The molecule has 1 heteroatoms. The predicted molar refractivity (Wildman–Crippen MR) is 123 cm³/mol. The van der Waals surface area contributed by atoms with Gasteiger partial charge in [0.25, 0.3) is 0 Å².